The monoisotopic (exact) mass is 288 g/mol. The first-order chi connectivity index (χ1) is 10.1. The minimum Gasteiger partial charge on any atom is -0.456 e. The van der Waals surface area contributed by atoms with Gasteiger partial charge in [-0.25, -0.2) is 4.39 Å². The molecule has 2 rings (SSSR count). The van der Waals surface area contributed by atoms with Crippen LogP contribution in [-0.4, -0.2) is 11.5 Å². The van der Waals surface area contributed by atoms with Crippen LogP contribution >= 0.6 is 0 Å². The molecule has 4 heteroatoms. The summed E-state index contributed by atoms with van der Waals surface area (Å²) in [6, 6.07) is 8.89. The summed E-state index contributed by atoms with van der Waals surface area (Å²) in [6.45, 7) is 6.82. The molecule has 0 aliphatic carbocycles. The molecule has 1 aromatic carbocycles. The second kappa shape index (κ2) is 7.18. The predicted octanol–water partition coefficient (Wildman–Crippen LogP) is 4.38. The Morgan fingerprint density at radius 2 is 1.95 bits per heavy atom. The Kier molecular flexibility index (Phi) is 5.28. The second-order valence-corrected chi connectivity index (χ2v) is 4.95. The van der Waals surface area contributed by atoms with Crippen molar-refractivity contribution in [3.63, 3.8) is 0 Å². The quantitative estimate of drug-likeness (QED) is 0.856. The number of aryl methyl sites for hydroxylation is 1. The molecule has 21 heavy (non-hydrogen) atoms. The first kappa shape index (κ1) is 15.4. The Bertz CT molecular complexity index is 584. The van der Waals surface area contributed by atoms with Crippen molar-refractivity contribution in [2.75, 3.05) is 6.54 Å². The number of ether oxygens (including phenoxy) is 1. The van der Waals surface area contributed by atoms with Gasteiger partial charge in [0.05, 0.1) is 11.9 Å². The number of nitrogens with one attached hydrogen (secondary N) is 1. The molecule has 0 radical (unpaired) electrons. The number of rotatable bonds is 6. The first-order valence-corrected chi connectivity index (χ1v) is 7.27. The summed E-state index contributed by atoms with van der Waals surface area (Å²) in [4.78, 5) is 4.42. The fraction of sp³-hybridized carbons (Fsp3) is 0.353. The standard InChI is InChI=1S/C17H21FN2O/c1-4-16(19-5-2)17-9-8-14(11-20-17)21-13-7-6-12(3)15(18)10-13/h6-11,16,19H,4-5H2,1-3H3. The van der Waals surface area contributed by atoms with Gasteiger partial charge in [-0.3, -0.25) is 4.98 Å². The van der Waals surface area contributed by atoms with Crippen LogP contribution in [0, 0.1) is 12.7 Å². The molecule has 0 bridgehead atoms. The van der Waals surface area contributed by atoms with Gasteiger partial charge in [0, 0.05) is 12.1 Å². The largest absolute Gasteiger partial charge is 0.456 e. The lowest BCUT2D eigenvalue weighted by molar-refractivity contribution is 0.470. The summed E-state index contributed by atoms with van der Waals surface area (Å²) < 4.78 is 19.1. The first-order valence-electron chi connectivity index (χ1n) is 7.27. The van der Waals surface area contributed by atoms with Crippen LogP contribution in [-0.2, 0) is 0 Å². The molecular formula is C17H21FN2O. The van der Waals surface area contributed by atoms with Crippen molar-refractivity contribution < 1.29 is 9.13 Å². The van der Waals surface area contributed by atoms with Crippen molar-refractivity contribution in [2.24, 2.45) is 0 Å². The molecule has 0 spiro atoms. The van der Waals surface area contributed by atoms with E-state index in [-0.39, 0.29) is 11.9 Å². The predicted molar refractivity (Wildman–Crippen MR) is 82.2 cm³/mol. The van der Waals surface area contributed by atoms with Crippen molar-refractivity contribution in [1.29, 1.82) is 0 Å². The van der Waals surface area contributed by atoms with Gasteiger partial charge < -0.3 is 10.1 Å². The molecule has 0 saturated carbocycles. The van der Waals surface area contributed by atoms with Gasteiger partial charge in [-0.1, -0.05) is 19.9 Å². The maximum absolute atomic E-state index is 13.5. The van der Waals surface area contributed by atoms with Gasteiger partial charge in [-0.05, 0) is 43.7 Å². The van der Waals surface area contributed by atoms with E-state index in [9.17, 15) is 4.39 Å². The van der Waals surface area contributed by atoms with Gasteiger partial charge in [0.1, 0.15) is 17.3 Å². The topological polar surface area (TPSA) is 34.1 Å². The summed E-state index contributed by atoms with van der Waals surface area (Å²) in [6.07, 6.45) is 2.65. The van der Waals surface area contributed by atoms with Gasteiger partial charge in [0.25, 0.3) is 0 Å². The fourth-order valence-electron chi connectivity index (χ4n) is 2.14. The van der Waals surface area contributed by atoms with E-state index in [4.69, 9.17) is 4.74 Å². The van der Waals surface area contributed by atoms with Crippen LogP contribution in [0.25, 0.3) is 0 Å². The molecule has 0 aliphatic heterocycles. The fourth-order valence-corrected chi connectivity index (χ4v) is 2.14. The highest BCUT2D eigenvalue weighted by Gasteiger charge is 2.09. The molecule has 0 fully saturated rings. The highest BCUT2D eigenvalue weighted by atomic mass is 19.1. The van der Waals surface area contributed by atoms with Crippen molar-refractivity contribution in [3.8, 4) is 11.5 Å². The molecular weight excluding hydrogens is 267 g/mol. The molecule has 0 amide bonds. The van der Waals surface area contributed by atoms with Gasteiger partial charge >= 0.3 is 0 Å². The molecule has 1 N–H and O–H groups in total. The van der Waals surface area contributed by atoms with Crippen LogP contribution in [0.1, 0.15) is 37.6 Å². The third-order valence-corrected chi connectivity index (χ3v) is 3.35. The number of aromatic nitrogens is 1. The molecule has 1 unspecified atom stereocenters. The highest BCUT2D eigenvalue weighted by Crippen LogP contribution is 2.24. The number of pyridine rings is 1. The van der Waals surface area contributed by atoms with Crippen LogP contribution in [0.5, 0.6) is 11.5 Å². The molecule has 112 valence electrons. The number of hydrogen-bond acceptors (Lipinski definition) is 3. The smallest absolute Gasteiger partial charge is 0.145 e. The lowest BCUT2D eigenvalue weighted by Gasteiger charge is -2.15. The Balaban J connectivity index is 2.09. The van der Waals surface area contributed by atoms with E-state index < -0.39 is 0 Å². The maximum atomic E-state index is 13.5. The molecule has 3 nitrogen and oxygen atoms in total. The van der Waals surface area contributed by atoms with Crippen LogP contribution in [0.15, 0.2) is 36.5 Å². The zero-order valence-corrected chi connectivity index (χ0v) is 12.7. The lowest BCUT2D eigenvalue weighted by atomic mass is 10.1. The van der Waals surface area contributed by atoms with Crippen LogP contribution in [0.3, 0.4) is 0 Å². The van der Waals surface area contributed by atoms with Gasteiger partial charge in [0.2, 0.25) is 0 Å². The summed E-state index contributed by atoms with van der Waals surface area (Å²) >= 11 is 0. The minimum atomic E-state index is -0.268. The average molecular weight is 288 g/mol. The Morgan fingerprint density at radius 1 is 1.19 bits per heavy atom. The highest BCUT2D eigenvalue weighted by molar-refractivity contribution is 5.33. The number of halogens is 1. The van der Waals surface area contributed by atoms with Crippen LogP contribution < -0.4 is 10.1 Å². The van der Waals surface area contributed by atoms with E-state index in [0.717, 1.165) is 18.7 Å². The number of hydrogen-bond donors (Lipinski definition) is 1. The summed E-state index contributed by atoms with van der Waals surface area (Å²) in [5, 5.41) is 3.38. The normalized spacial score (nSPS) is 12.2. The van der Waals surface area contributed by atoms with E-state index in [1.165, 1.54) is 6.07 Å². The van der Waals surface area contributed by atoms with E-state index >= 15 is 0 Å². The number of benzene rings is 1. The van der Waals surface area contributed by atoms with Gasteiger partial charge in [0.15, 0.2) is 0 Å². The molecule has 1 heterocycles. The summed E-state index contributed by atoms with van der Waals surface area (Å²) in [7, 11) is 0. The van der Waals surface area contributed by atoms with Gasteiger partial charge in [-0.15, -0.1) is 0 Å². The van der Waals surface area contributed by atoms with E-state index in [1.54, 1.807) is 25.3 Å². The molecule has 2 aromatic rings. The van der Waals surface area contributed by atoms with Crippen molar-refractivity contribution >= 4 is 0 Å². The Morgan fingerprint density at radius 3 is 2.52 bits per heavy atom. The zero-order valence-electron chi connectivity index (χ0n) is 12.7. The average Bonchev–Trinajstić information content (AvgIpc) is 2.49. The third-order valence-electron chi connectivity index (χ3n) is 3.35. The second-order valence-electron chi connectivity index (χ2n) is 4.95. The number of nitrogens with zero attached hydrogens (tertiary/aromatic N) is 1. The SMILES string of the molecule is CCNC(CC)c1ccc(Oc2ccc(C)c(F)c2)cn1. The maximum Gasteiger partial charge on any atom is 0.145 e. The lowest BCUT2D eigenvalue weighted by Crippen LogP contribution is -2.20. The van der Waals surface area contributed by atoms with Crippen LogP contribution in [0.4, 0.5) is 4.39 Å². The molecule has 0 aliphatic rings. The van der Waals surface area contributed by atoms with Crippen LogP contribution in [0.2, 0.25) is 0 Å². The zero-order chi connectivity index (χ0) is 15.2. The van der Waals surface area contributed by atoms with Crippen molar-refractivity contribution in [2.45, 2.75) is 33.2 Å². The van der Waals surface area contributed by atoms with Crippen molar-refractivity contribution in [3.05, 3.63) is 53.6 Å². The minimum absolute atomic E-state index is 0.251. The summed E-state index contributed by atoms with van der Waals surface area (Å²) in [5.41, 5.74) is 1.59. The Hall–Kier alpha value is -1.94. The summed E-state index contributed by atoms with van der Waals surface area (Å²) in [5.74, 6) is 0.815. The third kappa shape index (κ3) is 4.02. The molecule has 1 aromatic heterocycles. The molecule has 1 atom stereocenters. The van der Waals surface area contributed by atoms with E-state index in [2.05, 4.69) is 24.1 Å². The van der Waals surface area contributed by atoms with Gasteiger partial charge in [-0.2, -0.15) is 0 Å². The van der Waals surface area contributed by atoms with E-state index in [0.29, 0.717) is 17.1 Å². The van der Waals surface area contributed by atoms with E-state index in [1.807, 2.05) is 12.1 Å². The van der Waals surface area contributed by atoms with Crippen molar-refractivity contribution in [1.82, 2.24) is 10.3 Å². The molecule has 0 saturated heterocycles. The Labute approximate surface area is 125 Å².